The Labute approximate surface area is 193 Å². The summed E-state index contributed by atoms with van der Waals surface area (Å²) in [7, 11) is 0. The number of ether oxygens (including phenoxy) is 1. The van der Waals surface area contributed by atoms with Crippen molar-refractivity contribution in [2.75, 3.05) is 11.1 Å². The maximum atomic E-state index is 12.4. The highest BCUT2D eigenvalue weighted by molar-refractivity contribution is 7.99. The Bertz CT molecular complexity index is 1120. The fourth-order valence-corrected chi connectivity index (χ4v) is 3.72. The van der Waals surface area contributed by atoms with Crippen LogP contribution in [-0.2, 0) is 11.3 Å². The molecule has 0 fully saturated rings. The van der Waals surface area contributed by atoms with Crippen molar-refractivity contribution in [1.82, 2.24) is 14.8 Å². The minimum absolute atomic E-state index is 0.00220. The quantitative estimate of drug-likeness (QED) is 0.193. The number of halogens is 1. The molecule has 11 heteroatoms. The van der Waals surface area contributed by atoms with Crippen LogP contribution < -0.4 is 10.1 Å². The first-order valence-electron chi connectivity index (χ1n) is 9.51. The number of carbonyl (C=O) groups excluding carboxylic acids is 1. The first-order chi connectivity index (χ1) is 15.4. The molecule has 32 heavy (non-hydrogen) atoms. The smallest absolute Gasteiger partial charge is 0.271 e. The fourth-order valence-electron chi connectivity index (χ4n) is 2.80. The van der Waals surface area contributed by atoms with Gasteiger partial charge in [-0.1, -0.05) is 47.6 Å². The second kappa shape index (κ2) is 10.8. The highest BCUT2D eigenvalue weighted by Gasteiger charge is 2.20. The van der Waals surface area contributed by atoms with Crippen molar-refractivity contribution in [2.24, 2.45) is 0 Å². The summed E-state index contributed by atoms with van der Waals surface area (Å²) in [6.07, 6.45) is 1.33. The van der Waals surface area contributed by atoms with Gasteiger partial charge in [0.1, 0.15) is 5.75 Å². The number of nitrogens with one attached hydrogen (secondary N) is 1. The first-order valence-corrected chi connectivity index (χ1v) is 10.9. The van der Waals surface area contributed by atoms with E-state index < -0.39 is 4.92 Å². The second-order valence-electron chi connectivity index (χ2n) is 6.57. The Kier molecular flexibility index (Phi) is 7.85. The topological polar surface area (TPSA) is 112 Å². The normalized spacial score (nSPS) is 11.6. The summed E-state index contributed by atoms with van der Waals surface area (Å²) in [4.78, 5) is 22.8. The van der Waals surface area contributed by atoms with Gasteiger partial charge < -0.3 is 10.1 Å². The predicted octanol–water partition coefficient (Wildman–Crippen LogP) is 4.90. The zero-order valence-electron chi connectivity index (χ0n) is 17.1. The molecule has 3 rings (SSSR count). The van der Waals surface area contributed by atoms with Gasteiger partial charge in [0.05, 0.1) is 21.4 Å². The number of non-ortho nitro benzene ring substituents is 1. The van der Waals surface area contributed by atoms with Crippen LogP contribution in [0.4, 0.5) is 11.4 Å². The average molecular weight is 474 g/mol. The van der Waals surface area contributed by atoms with Crippen LogP contribution in [-0.4, -0.2) is 31.3 Å². The molecule has 2 aromatic carbocycles. The van der Waals surface area contributed by atoms with Gasteiger partial charge in [-0.25, -0.2) is 0 Å². The maximum Gasteiger partial charge on any atom is 0.271 e. The molecule has 1 atom stereocenters. The molecular formula is C21H20ClN5O4S. The lowest BCUT2D eigenvalue weighted by atomic mass is 10.3. The predicted molar refractivity (Wildman–Crippen MR) is 123 cm³/mol. The molecule has 0 aliphatic carbocycles. The van der Waals surface area contributed by atoms with Crippen molar-refractivity contribution in [1.29, 1.82) is 0 Å². The number of carbonyl (C=O) groups is 1. The monoisotopic (exact) mass is 473 g/mol. The third-order valence-corrected chi connectivity index (χ3v) is 5.54. The van der Waals surface area contributed by atoms with Crippen LogP contribution in [0, 0.1) is 10.1 Å². The van der Waals surface area contributed by atoms with Crippen molar-refractivity contribution in [3.63, 3.8) is 0 Å². The number of thioether (sulfide) groups is 1. The van der Waals surface area contributed by atoms with Crippen LogP contribution in [0.2, 0.25) is 5.02 Å². The zero-order chi connectivity index (χ0) is 23.1. The van der Waals surface area contributed by atoms with Gasteiger partial charge in [0.25, 0.3) is 5.69 Å². The Morgan fingerprint density at radius 3 is 2.78 bits per heavy atom. The van der Waals surface area contributed by atoms with E-state index in [0.717, 1.165) is 0 Å². The van der Waals surface area contributed by atoms with Gasteiger partial charge in [0.2, 0.25) is 5.91 Å². The van der Waals surface area contributed by atoms with Gasteiger partial charge in [-0.3, -0.25) is 19.5 Å². The molecule has 0 saturated carbocycles. The lowest BCUT2D eigenvalue weighted by Gasteiger charge is -2.15. The van der Waals surface area contributed by atoms with Gasteiger partial charge in [-0.15, -0.1) is 16.8 Å². The molecule has 0 radical (unpaired) electrons. The third kappa shape index (κ3) is 5.86. The van der Waals surface area contributed by atoms with Crippen molar-refractivity contribution < 1.29 is 14.5 Å². The number of nitrogens with zero attached hydrogens (tertiary/aromatic N) is 4. The van der Waals surface area contributed by atoms with E-state index in [9.17, 15) is 14.9 Å². The third-order valence-electron chi connectivity index (χ3n) is 4.24. The van der Waals surface area contributed by atoms with E-state index in [1.165, 1.54) is 30.0 Å². The molecule has 1 amide bonds. The molecule has 0 spiro atoms. The highest BCUT2D eigenvalue weighted by atomic mass is 35.5. The number of hydrogen-bond donors (Lipinski definition) is 1. The van der Waals surface area contributed by atoms with Crippen LogP contribution >= 0.6 is 23.4 Å². The lowest BCUT2D eigenvalue weighted by Crippen LogP contribution is -2.16. The summed E-state index contributed by atoms with van der Waals surface area (Å²) in [5.74, 6) is 0.914. The molecular weight excluding hydrogens is 454 g/mol. The lowest BCUT2D eigenvalue weighted by molar-refractivity contribution is -0.384. The summed E-state index contributed by atoms with van der Waals surface area (Å²) < 4.78 is 7.75. The summed E-state index contributed by atoms with van der Waals surface area (Å²) in [5.41, 5.74) is 0.00437. The molecule has 0 saturated heterocycles. The van der Waals surface area contributed by atoms with Gasteiger partial charge >= 0.3 is 0 Å². The molecule has 1 N–H and O–H groups in total. The number of para-hydroxylation sites is 1. The molecule has 0 bridgehead atoms. The van der Waals surface area contributed by atoms with E-state index in [0.29, 0.717) is 23.3 Å². The molecule has 166 valence electrons. The first kappa shape index (κ1) is 23.3. The van der Waals surface area contributed by atoms with Crippen molar-refractivity contribution in [3.8, 4) is 5.75 Å². The van der Waals surface area contributed by atoms with Crippen LogP contribution in [0.5, 0.6) is 5.75 Å². The molecule has 1 unspecified atom stereocenters. The van der Waals surface area contributed by atoms with Crippen LogP contribution in [0.15, 0.2) is 66.3 Å². The Hall–Kier alpha value is -3.37. The molecule has 1 aromatic heterocycles. The van der Waals surface area contributed by atoms with E-state index in [-0.39, 0.29) is 34.2 Å². The number of anilines is 1. The fraction of sp³-hybridized carbons (Fsp3) is 0.190. The SMILES string of the molecule is C=CCn1c(SCC(=O)Nc2cc([N+](=O)[O-])ccc2Cl)nnc1C(C)Oc1ccccc1. The number of nitro benzene ring substituents is 1. The van der Waals surface area contributed by atoms with Crippen LogP contribution in [0.1, 0.15) is 18.9 Å². The Morgan fingerprint density at radius 1 is 1.34 bits per heavy atom. The number of nitro groups is 1. The minimum Gasteiger partial charge on any atom is -0.483 e. The summed E-state index contributed by atoms with van der Waals surface area (Å²) in [6, 6.07) is 13.2. The van der Waals surface area contributed by atoms with E-state index in [4.69, 9.17) is 16.3 Å². The second-order valence-corrected chi connectivity index (χ2v) is 7.92. The van der Waals surface area contributed by atoms with Crippen molar-refractivity contribution in [2.45, 2.75) is 24.7 Å². The summed E-state index contributed by atoms with van der Waals surface area (Å²) in [5, 5.41) is 22.7. The van der Waals surface area contributed by atoms with Crippen molar-refractivity contribution >= 4 is 40.6 Å². The average Bonchev–Trinajstić information content (AvgIpc) is 3.17. The molecule has 0 aliphatic heterocycles. The largest absolute Gasteiger partial charge is 0.483 e. The van der Waals surface area contributed by atoms with Crippen molar-refractivity contribution in [3.05, 3.63) is 82.1 Å². The number of amides is 1. The molecule has 0 aliphatic rings. The number of rotatable bonds is 10. The Balaban J connectivity index is 1.68. The number of benzene rings is 2. The van der Waals surface area contributed by atoms with E-state index in [1.807, 2.05) is 41.8 Å². The molecule has 1 heterocycles. The Morgan fingerprint density at radius 2 is 2.09 bits per heavy atom. The van der Waals surface area contributed by atoms with Crippen LogP contribution in [0.3, 0.4) is 0 Å². The van der Waals surface area contributed by atoms with Gasteiger partial charge in [-0.05, 0) is 25.1 Å². The van der Waals surface area contributed by atoms with E-state index in [1.54, 1.807) is 6.08 Å². The van der Waals surface area contributed by atoms with E-state index in [2.05, 4.69) is 22.1 Å². The minimum atomic E-state index is -0.557. The number of allylic oxidation sites excluding steroid dienone is 1. The molecule has 9 nitrogen and oxygen atoms in total. The van der Waals surface area contributed by atoms with Crippen LogP contribution in [0.25, 0.3) is 0 Å². The van der Waals surface area contributed by atoms with Gasteiger partial charge in [0.15, 0.2) is 17.1 Å². The summed E-state index contributed by atoms with van der Waals surface area (Å²) in [6.45, 7) is 6.07. The van der Waals surface area contributed by atoms with Gasteiger partial charge in [-0.2, -0.15) is 0 Å². The van der Waals surface area contributed by atoms with Gasteiger partial charge in [0, 0.05) is 18.7 Å². The number of aromatic nitrogens is 3. The maximum absolute atomic E-state index is 12.4. The standard InChI is InChI=1S/C21H20ClN5O4S/c1-3-11-26-20(14(2)31-16-7-5-4-6-8-16)24-25-21(26)32-13-19(28)23-18-12-15(27(29)30)9-10-17(18)22/h3-10,12,14H,1,11,13H2,2H3,(H,23,28). The summed E-state index contributed by atoms with van der Waals surface area (Å²) >= 11 is 7.21. The van der Waals surface area contributed by atoms with E-state index >= 15 is 0 Å². The highest BCUT2D eigenvalue weighted by Crippen LogP contribution is 2.28. The number of hydrogen-bond acceptors (Lipinski definition) is 7. The molecule has 3 aromatic rings. The zero-order valence-corrected chi connectivity index (χ0v) is 18.7.